The zero-order chi connectivity index (χ0) is 16.5. The second-order valence-electron chi connectivity index (χ2n) is 6.68. The van der Waals surface area contributed by atoms with Gasteiger partial charge in [-0.1, -0.05) is 18.9 Å². The summed E-state index contributed by atoms with van der Waals surface area (Å²) in [4.78, 5) is 25.7. The molecule has 0 aromatic carbocycles. The van der Waals surface area contributed by atoms with Crippen LogP contribution >= 0.6 is 11.3 Å². The molecule has 2 aliphatic carbocycles. The fourth-order valence-electron chi connectivity index (χ4n) is 3.42. The third kappa shape index (κ3) is 3.05. The maximum absolute atomic E-state index is 12.7. The molecule has 4 rings (SSSR count). The summed E-state index contributed by atoms with van der Waals surface area (Å²) in [6, 6.07) is 4.26. The van der Waals surface area contributed by atoms with E-state index in [4.69, 9.17) is 0 Å². The van der Waals surface area contributed by atoms with Crippen molar-refractivity contribution in [3.05, 3.63) is 28.0 Å². The van der Waals surface area contributed by atoms with E-state index in [1.54, 1.807) is 11.3 Å². The first-order valence-corrected chi connectivity index (χ1v) is 9.63. The van der Waals surface area contributed by atoms with Gasteiger partial charge in [0.25, 0.3) is 0 Å². The highest BCUT2D eigenvalue weighted by atomic mass is 32.1. The summed E-state index contributed by atoms with van der Waals surface area (Å²) in [5, 5.41) is 9.50. The summed E-state index contributed by atoms with van der Waals surface area (Å²) in [5.41, 5.74) is -0.0592. The summed E-state index contributed by atoms with van der Waals surface area (Å²) in [5.74, 6) is 1.05. The SMILES string of the molecule is O=C(NCCn1nc(-c2cccs2)n(C2CC2)c1=O)C1CCCC1. The highest BCUT2D eigenvalue weighted by Crippen LogP contribution is 2.37. The highest BCUT2D eigenvalue weighted by molar-refractivity contribution is 7.13. The van der Waals surface area contributed by atoms with Gasteiger partial charge in [-0.2, -0.15) is 0 Å². The zero-order valence-electron chi connectivity index (χ0n) is 13.6. The molecule has 2 aromatic rings. The van der Waals surface area contributed by atoms with Crippen LogP contribution < -0.4 is 11.0 Å². The molecule has 0 radical (unpaired) electrons. The van der Waals surface area contributed by atoms with Gasteiger partial charge in [-0.15, -0.1) is 16.4 Å². The molecule has 0 spiro atoms. The minimum absolute atomic E-state index is 0.0592. The predicted molar refractivity (Wildman–Crippen MR) is 93.0 cm³/mol. The number of thiophene rings is 1. The van der Waals surface area contributed by atoms with Crippen molar-refractivity contribution in [1.82, 2.24) is 19.7 Å². The van der Waals surface area contributed by atoms with E-state index < -0.39 is 0 Å². The molecule has 2 heterocycles. The number of rotatable bonds is 6. The third-order valence-corrected chi connectivity index (χ3v) is 5.74. The fourth-order valence-corrected chi connectivity index (χ4v) is 4.12. The Balaban J connectivity index is 1.46. The van der Waals surface area contributed by atoms with E-state index in [2.05, 4.69) is 10.4 Å². The van der Waals surface area contributed by atoms with E-state index in [0.29, 0.717) is 13.1 Å². The lowest BCUT2D eigenvalue weighted by atomic mass is 10.1. The molecule has 128 valence electrons. The van der Waals surface area contributed by atoms with Crippen LogP contribution in [0.2, 0.25) is 0 Å². The molecule has 1 amide bonds. The van der Waals surface area contributed by atoms with E-state index in [1.165, 1.54) is 4.68 Å². The van der Waals surface area contributed by atoms with Gasteiger partial charge in [-0.05, 0) is 37.1 Å². The van der Waals surface area contributed by atoms with E-state index in [9.17, 15) is 9.59 Å². The molecule has 0 atom stereocenters. The second-order valence-corrected chi connectivity index (χ2v) is 7.63. The van der Waals surface area contributed by atoms with Crippen LogP contribution in [-0.2, 0) is 11.3 Å². The van der Waals surface area contributed by atoms with Gasteiger partial charge in [0.1, 0.15) is 0 Å². The van der Waals surface area contributed by atoms with Crippen molar-refractivity contribution < 1.29 is 4.79 Å². The minimum atomic E-state index is -0.0592. The lowest BCUT2D eigenvalue weighted by Gasteiger charge is -2.09. The van der Waals surface area contributed by atoms with Crippen LogP contribution in [0, 0.1) is 5.92 Å². The minimum Gasteiger partial charge on any atom is -0.354 e. The van der Waals surface area contributed by atoms with Crippen molar-refractivity contribution in [3.63, 3.8) is 0 Å². The molecule has 0 bridgehead atoms. The lowest BCUT2D eigenvalue weighted by molar-refractivity contribution is -0.124. The molecular weight excluding hydrogens is 324 g/mol. The summed E-state index contributed by atoms with van der Waals surface area (Å²) in [6.45, 7) is 0.885. The Labute approximate surface area is 144 Å². The van der Waals surface area contributed by atoms with E-state index >= 15 is 0 Å². The van der Waals surface area contributed by atoms with Crippen LogP contribution in [0.5, 0.6) is 0 Å². The Morgan fingerprint density at radius 1 is 1.29 bits per heavy atom. The quantitative estimate of drug-likeness (QED) is 0.873. The number of nitrogens with one attached hydrogen (secondary N) is 1. The van der Waals surface area contributed by atoms with Gasteiger partial charge in [-0.25, -0.2) is 9.48 Å². The summed E-state index contributed by atoms with van der Waals surface area (Å²) in [6.07, 6.45) is 6.36. The van der Waals surface area contributed by atoms with Gasteiger partial charge in [0, 0.05) is 18.5 Å². The predicted octanol–water partition coefficient (Wildman–Crippen LogP) is 2.41. The van der Waals surface area contributed by atoms with Crippen LogP contribution in [0.4, 0.5) is 0 Å². The average molecular weight is 346 g/mol. The topological polar surface area (TPSA) is 68.9 Å². The normalized spacial score (nSPS) is 18.2. The monoisotopic (exact) mass is 346 g/mol. The fraction of sp³-hybridized carbons (Fsp3) is 0.588. The lowest BCUT2D eigenvalue weighted by Crippen LogP contribution is -2.34. The van der Waals surface area contributed by atoms with Crippen molar-refractivity contribution in [2.45, 2.75) is 51.1 Å². The standard InChI is InChI=1S/C17H22N4O2S/c22-16(12-4-1-2-5-12)18-9-10-20-17(23)21(13-7-8-13)15(19-20)14-6-3-11-24-14/h3,6,11-13H,1-2,4-5,7-10H2,(H,18,22). The van der Waals surface area contributed by atoms with Crippen molar-refractivity contribution >= 4 is 17.2 Å². The first kappa shape index (κ1) is 15.6. The molecule has 2 saturated carbocycles. The van der Waals surface area contributed by atoms with Crippen molar-refractivity contribution in [2.75, 3.05) is 6.54 Å². The number of carbonyl (C=O) groups is 1. The molecular formula is C17H22N4O2S. The van der Waals surface area contributed by atoms with E-state index in [-0.39, 0.29) is 23.6 Å². The zero-order valence-corrected chi connectivity index (χ0v) is 14.4. The van der Waals surface area contributed by atoms with Crippen molar-refractivity contribution in [3.8, 4) is 10.7 Å². The number of aromatic nitrogens is 3. The van der Waals surface area contributed by atoms with Gasteiger partial charge in [0.2, 0.25) is 5.91 Å². The van der Waals surface area contributed by atoms with Crippen LogP contribution in [0.1, 0.15) is 44.6 Å². The molecule has 24 heavy (non-hydrogen) atoms. The number of nitrogens with zero attached hydrogens (tertiary/aromatic N) is 3. The smallest absolute Gasteiger partial charge is 0.346 e. The Hall–Kier alpha value is -1.89. The third-order valence-electron chi connectivity index (χ3n) is 4.87. The summed E-state index contributed by atoms with van der Waals surface area (Å²) in [7, 11) is 0. The molecule has 0 aliphatic heterocycles. The number of carbonyl (C=O) groups excluding carboxylic acids is 1. The second kappa shape index (κ2) is 6.55. The van der Waals surface area contributed by atoms with Gasteiger partial charge in [0.15, 0.2) is 5.82 Å². The van der Waals surface area contributed by atoms with Gasteiger partial charge < -0.3 is 5.32 Å². The Morgan fingerprint density at radius 3 is 2.75 bits per heavy atom. The van der Waals surface area contributed by atoms with E-state index in [1.807, 2.05) is 22.1 Å². The Bertz CT molecular complexity index is 767. The van der Waals surface area contributed by atoms with Gasteiger partial charge in [-0.3, -0.25) is 9.36 Å². The van der Waals surface area contributed by atoms with Crippen LogP contribution in [0.3, 0.4) is 0 Å². The first-order valence-electron chi connectivity index (χ1n) is 8.75. The van der Waals surface area contributed by atoms with E-state index in [0.717, 1.165) is 49.2 Å². The maximum Gasteiger partial charge on any atom is 0.346 e. The largest absolute Gasteiger partial charge is 0.354 e. The van der Waals surface area contributed by atoms with Crippen LogP contribution in [-0.4, -0.2) is 26.8 Å². The Kier molecular flexibility index (Phi) is 4.26. The number of hydrogen-bond donors (Lipinski definition) is 1. The van der Waals surface area contributed by atoms with Gasteiger partial charge >= 0.3 is 5.69 Å². The molecule has 7 heteroatoms. The number of hydrogen-bond acceptors (Lipinski definition) is 4. The molecule has 6 nitrogen and oxygen atoms in total. The average Bonchev–Trinajstić information content (AvgIpc) is 3.01. The molecule has 1 N–H and O–H groups in total. The summed E-state index contributed by atoms with van der Waals surface area (Å²) < 4.78 is 3.33. The maximum atomic E-state index is 12.7. The molecule has 0 saturated heterocycles. The highest BCUT2D eigenvalue weighted by Gasteiger charge is 2.30. The molecule has 2 aromatic heterocycles. The Morgan fingerprint density at radius 2 is 2.08 bits per heavy atom. The number of amides is 1. The van der Waals surface area contributed by atoms with Crippen LogP contribution in [0.25, 0.3) is 10.7 Å². The van der Waals surface area contributed by atoms with Gasteiger partial charge in [0.05, 0.1) is 11.4 Å². The molecule has 2 fully saturated rings. The summed E-state index contributed by atoms with van der Waals surface area (Å²) >= 11 is 1.60. The first-order chi connectivity index (χ1) is 11.7. The molecule has 2 aliphatic rings. The van der Waals surface area contributed by atoms with Crippen molar-refractivity contribution in [1.29, 1.82) is 0 Å². The molecule has 0 unspecified atom stereocenters. The van der Waals surface area contributed by atoms with Crippen molar-refractivity contribution in [2.24, 2.45) is 5.92 Å². The van der Waals surface area contributed by atoms with Crippen LogP contribution in [0.15, 0.2) is 22.3 Å².